The summed E-state index contributed by atoms with van der Waals surface area (Å²) < 4.78 is 13.5. The summed E-state index contributed by atoms with van der Waals surface area (Å²) in [5.41, 5.74) is 6.97. The number of benzene rings is 1. The molecule has 3 nitrogen and oxygen atoms in total. The quantitative estimate of drug-likeness (QED) is 0.784. The second-order valence-corrected chi connectivity index (χ2v) is 3.61. The second-order valence-electron chi connectivity index (χ2n) is 3.23. The lowest BCUT2D eigenvalue weighted by atomic mass is 10.1. The highest BCUT2D eigenvalue weighted by Gasteiger charge is 2.15. The van der Waals surface area contributed by atoms with E-state index in [1.807, 2.05) is 13.0 Å². The summed E-state index contributed by atoms with van der Waals surface area (Å²) in [6, 6.07) is 5.36. The van der Waals surface area contributed by atoms with Gasteiger partial charge in [-0.2, -0.15) is 5.10 Å². The van der Waals surface area contributed by atoms with Crippen molar-refractivity contribution in [2.24, 2.45) is 0 Å². The van der Waals surface area contributed by atoms with Gasteiger partial charge in [-0.3, -0.25) is 5.10 Å². The van der Waals surface area contributed by atoms with Crippen molar-refractivity contribution in [3.05, 3.63) is 34.6 Å². The van der Waals surface area contributed by atoms with Gasteiger partial charge in [-0.05, 0) is 12.5 Å². The third-order valence-corrected chi connectivity index (χ3v) is 2.70. The Hall–Kier alpha value is -1.55. The summed E-state index contributed by atoms with van der Waals surface area (Å²) in [6.07, 6.45) is 0. The van der Waals surface area contributed by atoms with E-state index in [0.717, 1.165) is 5.56 Å². The Kier molecular flexibility index (Phi) is 2.36. The molecule has 0 aliphatic carbocycles. The van der Waals surface area contributed by atoms with Gasteiger partial charge in [0.2, 0.25) is 0 Å². The monoisotopic (exact) mass is 225 g/mol. The van der Waals surface area contributed by atoms with Crippen LogP contribution in [0, 0.1) is 12.7 Å². The molecule has 0 unspecified atom stereocenters. The van der Waals surface area contributed by atoms with Crippen molar-refractivity contribution in [2.75, 3.05) is 5.73 Å². The standard InChI is InChI=1S/C10H9ClFN3/c1-5-3-2-4-6(7(5)11)9-8(12)10(13)15-14-9/h2-4H,1H3,(H3,13,14,15). The lowest BCUT2D eigenvalue weighted by molar-refractivity contribution is 0.636. The Morgan fingerprint density at radius 1 is 1.47 bits per heavy atom. The Bertz CT molecular complexity index is 507. The summed E-state index contributed by atoms with van der Waals surface area (Å²) in [7, 11) is 0. The van der Waals surface area contributed by atoms with E-state index in [2.05, 4.69) is 10.2 Å². The number of hydrogen-bond acceptors (Lipinski definition) is 2. The minimum Gasteiger partial charge on any atom is -0.380 e. The Morgan fingerprint density at radius 2 is 2.20 bits per heavy atom. The van der Waals surface area contributed by atoms with E-state index < -0.39 is 5.82 Å². The fourth-order valence-corrected chi connectivity index (χ4v) is 1.58. The molecule has 0 saturated heterocycles. The number of rotatable bonds is 1. The van der Waals surface area contributed by atoms with Crippen LogP contribution in [0.5, 0.6) is 0 Å². The molecule has 3 N–H and O–H groups in total. The second kappa shape index (κ2) is 3.55. The van der Waals surface area contributed by atoms with E-state index in [0.29, 0.717) is 10.6 Å². The van der Waals surface area contributed by atoms with Crippen LogP contribution in [0.15, 0.2) is 18.2 Å². The third-order valence-electron chi connectivity index (χ3n) is 2.19. The van der Waals surface area contributed by atoms with Crippen LogP contribution >= 0.6 is 11.6 Å². The maximum atomic E-state index is 13.5. The van der Waals surface area contributed by atoms with E-state index in [-0.39, 0.29) is 11.5 Å². The number of anilines is 1. The van der Waals surface area contributed by atoms with E-state index >= 15 is 0 Å². The molecule has 5 heteroatoms. The summed E-state index contributed by atoms with van der Waals surface area (Å²) in [4.78, 5) is 0. The molecule has 15 heavy (non-hydrogen) atoms. The number of aromatic amines is 1. The first kappa shape index (κ1) is 9.98. The highest BCUT2D eigenvalue weighted by Crippen LogP contribution is 2.31. The number of H-pyrrole nitrogens is 1. The zero-order chi connectivity index (χ0) is 11.0. The van der Waals surface area contributed by atoms with Gasteiger partial charge in [-0.25, -0.2) is 4.39 Å². The van der Waals surface area contributed by atoms with Gasteiger partial charge < -0.3 is 5.73 Å². The predicted octanol–water partition coefficient (Wildman–Crippen LogP) is 2.76. The van der Waals surface area contributed by atoms with Gasteiger partial charge in [-0.15, -0.1) is 0 Å². The lowest BCUT2D eigenvalue weighted by Gasteiger charge is -2.03. The van der Waals surface area contributed by atoms with Crippen molar-refractivity contribution in [1.82, 2.24) is 10.2 Å². The van der Waals surface area contributed by atoms with Gasteiger partial charge >= 0.3 is 0 Å². The normalized spacial score (nSPS) is 10.6. The highest BCUT2D eigenvalue weighted by molar-refractivity contribution is 6.34. The molecule has 0 bridgehead atoms. The van der Waals surface area contributed by atoms with E-state index in [1.165, 1.54) is 0 Å². The number of nitrogens with two attached hydrogens (primary N) is 1. The molecule has 0 amide bonds. The van der Waals surface area contributed by atoms with Crippen LogP contribution in [0.3, 0.4) is 0 Å². The van der Waals surface area contributed by atoms with E-state index in [4.69, 9.17) is 17.3 Å². The molecule has 0 spiro atoms. The Morgan fingerprint density at radius 3 is 2.80 bits per heavy atom. The number of nitrogens with one attached hydrogen (secondary N) is 1. The molecule has 0 fully saturated rings. The van der Waals surface area contributed by atoms with Crippen molar-refractivity contribution in [3.63, 3.8) is 0 Å². The third kappa shape index (κ3) is 1.57. The van der Waals surface area contributed by atoms with E-state index in [1.54, 1.807) is 12.1 Å². The smallest absolute Gasteiger partial charge is 0.192 e. The highest BCUT2D eigenvalue weighted by atomic mass is 35.5. The van der Waals surface area contributed by atoms with Crippen LogP contribution in [0.25, 0.3) is 11.3 Å². The lowest BCUT2D eigenvalue weighted by Crippen LogP contribution is -1.88. The first-order valence-corrected chi connectivity index (χ1v) is 4.74. The fourth-order valence-electron chi connectivity index (χ4n) is 1.36. The SMILES string of the molecule is Cc1cccc(-c2[nH]nc(N)c2F)c1Cl. The molecule has 0 saturated carbocycles. The van der Waals surface area contributed by atoms with Crippen molar-refractivity contribution in [3.8, 4) is 11.3 Å². The summed E-state index contributed by atoms with van der Waals surface area (Å²) in [6.45, 7) is 1.85. The molecule has 0 aliphatic heterocycles. The molecule has 2 aromatic rings. The van der Waals surface area contributed by atoms with Gasteiger partial charge in [0.1, 0.15) is 5.69 Å². The van der Waals surface area contributed by atoms with Crippen molar-refractivity contribution < 1.29 is 4.39 Å². The number of halogens is 2. The van der Waals surface area contributed by atoms with Crippen LogP contribution in [0.4, 0.5) is 10.2 Å². The Balaban J connectivity index is 2.64. The molecule has 0 atom stereocenters. The topological polar surface area (TPSA) is 54.7 Å². The van der Waals surface area contributed by atoms with Crippen LogP contribution in [0.1, 0.15) is 5.56 Å². The zero-order valence-electron chi connectivity index (χ0n) is 8.01. The number of nitrogens with zero attached hydrogens (tertiary/aromatic N) is 1. The maximum Gasteiger partial charge on any atom is 0.192 e. The van der Waals surface area contributed by atoms with Gasteiger partial charge in [0.05, 0.1) is 5.02 Å². The van der Waals surface area contributed by atoms with Crippen LogP contribution in [-0.4, -0.2) is 10.2 Å². The van der Waals surface area contributed by atoms with Crippen LogP contribution in [0.2, 0.25) is 5.02 Å². The molecular weight excluding hydrogens is 217 g/mol. The molecule has 78 valence electrons. The molecule has 2 rings (SSSR count). The summed E-state index contributed by atoms with van der Waals surface area (Å²) in [5.74, 6) is -0.718. The van der Waals surface area contributed by atoms with Crippen molar-refractivity contribution >= 4 is 17.4 Å². The molecule has 1 aromatic heterocycles. The molecule has 0 aliphatic rings. The predicted molar refractivity (Wildman–Crippen MR) is 58.1 cm³/mol. The van der Waals surface area contributed by atoms with E-state index in [9.17, 15) is 4.39 Å². The Labute approximate surface area is 91.1 Å². The zero-order valence-corrected chi connectivity index (χ0v) is 8.77. The van der Waals surface area contributed by atoms with Crippen molar-refractivity contribution in [2.45, 2.75) is 6.92 Å². The number of aromatic nitrogens is 2. The van der Waals surface area contributed by atoms with Gasteiger partial charge in [0, 0.05) is 5.56 Å². The molecule has 0 radical (unpaired) electrons. The maximum absolute atomic E-state index is 13.5. The number of hydrogen-bond donors (Lipinski definition) is 2. The minimum atomic E-state index is -0.567. The summed E-state index contributed by atoms with van der Waals surface area (Å²) in [5, 5.41) is 6.61. The van der Waals surface area contributed by atoms with Crippen molar-refractivity contribution in [1.29, 1.82) is 0 Å². The van der Waals surface area contributed by atoms with Gasteiger partial charge in [-0.1, -0.05) is 29.8 Å². The molecular formula is C10H9ClFN3. The number of nitrogen functional groups attached to an aromatic ring is 1. The first-order valence-electron chi connectivity index (χ1n) is 4.36. The van der Waals surface area contributed by atoms with Gasteiger partial charge in [0.15, 0.2) is 11.6 Å². The summed E-state index contributed by atoms with van der Waals surface area (Å²) >= 11 is 6.05. The van der Waals surface area contributed by atoms with Crippen LogP contribution < -0.4 is 5.73 Å². The molecule has 1 heterocycles. The average molecular weight is 226 g/mol. The van der Waals surface area contributed by atoms with Crippen LogP contribution in [-0.2, 0) is 0 Å². The molecule has 1 aromatic carbocycles. The largest absolute Gasteiger partial charge is 0.380 e. The first-order chi connectivity index (χ1) is 7.11. The minimum absolute atomic E-state index is 0.150. The fraction of sp³-hybridized carbons (Fsp3) is 0.100. The average Bonchev–Trinajstić information content (AvgIpc) is 2.53. The number of aryl methyl sites for hydroxylation is 1. The van der Waals surface area contributed by atoms with Gasteiger partial charge in [0.25, 0.3) is 0 Å².